The molecule has 0 aromatic heterocycles. The fourth-order valence-electron chi connectivity index (χ4n) is 2.20. The van der Waals surface area contributed by atoms with Gasteiger partial charge in [0.2, 0.25) is 0 Å². The number of amides is 1. The third-order valence-corrected chi connectivity index (χ3v) is 4.27. The summed E-state index contributed by atoms with van der Waals surface area (Å²) in [7, 11) is 0. The Labute approximate surface area is 139 Å². The predicted octanol–water partition coefficient (Wildman–Crippen LogP) is 5.13. The molecule has 0 saturated carbocycles. The molecule has 23 heavy (non-hydrogen) atoms. The van der Waals surface area contributed by atoms with Crippen molar-refractivity contribution in [2.24, 2.45) is 0 Å². The second kappa shape index (κ2) is 7.59. The van der Waals surface area contributed by atoms with E-state index in [1.54, 1.807) is 30.8 Å². The molecule has 2 rings (SSSR count). The van der Waals surface area contributed by atoms with Crippen molar-refractivity contribution in [2.45, 2.75) is 30.9 Å². The van der Waals surface area contributed by atoms with Crippen LogP contribution < -0.4 is 4.90 Å². The van der Waals surface area contributed by atoms with E-state index in [-0.39, 0.29) is 5.91 Å². The van der Waals surface area contributed by atoms with Crippen molar-refractivity contribution in [1.82, 2.24) is 0 Å². The summed E-state index contributed by atoms with van der Waals surface area (Å²) in [6, 6.07) is 10.8. The number of thioether (sulfide) groups is 1. The molecule has 5 heteroatoms. The SMILES string of the molecule is CCN(C(=O)c1ccc(SC(C)C)cc1)c1ccc(F)c(F)c1. The van der Waals surface area contributed by atoms with Crippen LogP contribution in [0.2, 0.25) is 0 Å². The summed E-state index contributed by atoms with van der Waals surface area (Å²) in [6.45, 7) is 6.37. The number of nitrogens with zero attached hydrogens (tertiary/aromatic N) is 1. The van der Waals surface area contributed by atoms with Crippen molar-refractivity contribution < 1.29 is 13.6 Å². The van der Waals surface area contributed by atoms with E-state index in [2.05, 4.69) is 13.8 Å². The minimum Gasteiger partial charge on any atom is -0.309 e. The van der Waals surface area contributed by atoms with E-state index in [4.69, 9.17) is 0 Å². The molecule has 2 aromatic rings. The van der Waals surface area contributed by atoms with Gasteiger partial charge in [-0.2, -0.15) is 0 Å². The maximum absolute atomic E-state index is 13.4. The lowest BCUT2D eigenvalue weighted by Crippen LogP contribution is -2.30. The molecule has 2 aromatic carbocycles. The van der Waals surface area contributed by atoms with E-state index in [1.165, 1.54) is 11.0 Å². The van der Waals surface area contributed by atoms with E-state index in [0.29, 0.717) is 23.0 Å². The maximum atomic E-state index is 13.4. The first-order chi connectivity index (χ1) is 10.9. The van der Waals surface area contributed by atoms with Crippen LogP contribution in [-0.2, 0) is 0 Å². The van der Waals surface area contributed by atoms with Crippen molar-refractivity contribution >= 4 is 23.4 Å². The highest BCUT2D eigenvalue weighted by atomic mass is 32.2. The molecule has 0 heterocycles. The van der Waals surface area contributed by atoms with Crippen molar-refractivity contribution in [3.05, 3.63) is 59.7 Å². The number of anilines is 1. The standard InChI is InChI=1S/C18H19F2NOS/c1-4-21(14-7-10-16(19)17(20)11-14)18(22)13-5-8-15(9-6-13)23-12(2)3/h5-12H,4H2,1-3H3. The van der Waals surface area contributed by atoms with Gasteiger partial charge in [0.1, 0.15) is 0 Å². The average Bonchev–Trinajstić information content (AvgIpc) is 2.51. The first kappa shape index (κ1) is 17.5. The van der Waals surface area contributed by atoms with E-state index in [9.17, 15) is 13.6 Å². The zero-order chi connectivity index (χ0) is 17.0. The van der Waals surface area contributed by atoms with Crippen LogP contribution in [0.1, 0.15) is 31.1 Å². The van der Waals surface area contributed by atoms with Gasteiger partial charge in [0.25, 0.3) is 5.91 Å². The third kappa shape index (κ3) is 4.32. The molecule has 0 atom stereocenters. The van der Waals surface area contributed by atoms with Gasteiger partial charge in [-0.05, 0) is 43.3 Å². The van der Waals surface area contributed by atoms with Crippen molar-refractivity contribution in [2.75, 3.05) is 11.4 Å². The molecule has 0 unspecified atom stereocenters. The highest BCUT2D eigenvalue weighted by Gasteiger charge is 2.17. The van der Waals surface area contributed by atoms with Gasteiger partial charge < -0.3 is 4.90 Å². The number of hydrogen-bond donors (Lipinski definition) is 0. The van der Waals surface area contributed by atoms with Crippen LogP contribution in [0.25, 0.3) is 0 Å². The lowest BCUT2D eigenvalue weighted by molar-refractivity contribution is 0.0988. The van der Waals surface area contributed by atoms with Crippen LogP contribution >= 0.6 is 11.8 Å². The number of hydrogen-bond acceptors (Lipinski definition) is 2. The zero-order valence-corrected chi connectivity index (χ0v) is 14.2. The van der Waals surface area contributed by atoms with Crippen molar-refractivity contribution in [3.8, 4) is 0 Å². The van der Waals surface area contributed by atoms with E-state index in [1.807, 2.05) is 12.1 Å². The molecule has 2 nitrogen and oxygen atoms in total. The fourth-order valence-corrected chi connectivity index (χ4v) is 3.04. The summed E-state index contributed by atoms with van der Waals surface area (Å²) in [5, 5.41) is 0.464. The monoisotopic (exact) mass is 335 g/mol. The maximum Gasteiger partial charge on any atom is 0.258 e. The first-order valence-electron chi connectivity index (χ1n) is 7.46. The largest absolute Gasteiger partial charge is 0.309 e. The molecule has 0 radical (unpaired) electrons. The lowest BCUT2D eigenvalue weighted by Gasteiger charge is -2.21. The molecule has 0 N–H and O–H groups in total. The van der Waals surface area contributed by atoms with Crippen molar-refractivity contribution in [3.63, 3.8) is 0 Å². The molecule has 0 bridgehead atoms. The van der Waals surface area contributed by atoms with Crippen LogP contribution in [0, 0.1) is 11.6 Å². The summed E-state index contributed by atoms with van der Waals surface area (Å²) >= 11 is 1.72. The van der Waals surface area contributed by atoms with Gasteiger partial charge >= 0.3 is 0 Å². The summed E-state index contributed by atoms with van der Waals surface area (Å²) < 4.78 is 26.5. The molecule has 0 fully saturated rings. The van der Waals surface area contributed by atoms with Gasteiger partial charge in [0.05, 0.1) is 0 Å². The van der Waals surface area contributed by atoms with E-state index >= 15 is 0 Å². The first-order valence-corrected chi connectivity index (χ1v) is 8.34. The molecule has 0 saturated heterocycles. The van der Waals surface area contributed by atoms with Crippen LogP contribution in [0.3, 0.4) is 0 Å². The Balaban J connectivity index is 2.23. The number of carbonyl (C=O) groups excluding carboxylic acids is 1. The normalized spacial score (nSPS) is 10.9. The van der Waals surface area contributed by atoms with Gasteiger partial charge in [0, 0.05) is 34.0 Å². The Morgan fingerprint density at radius 3 is 2.26 bits per heavy atom. The molecule has 1 amide bonds. The average molecular weight is 335 g/mol. The molecule has 0 aliphatic rings. The van der Waals surface area contributed by atoms with Crippen LogP contribution in [0.15, 0.2) is 47.4 Å². The van der Waals surface area contributed by atoms with E-state index in [0.717, 1.165) is 17.0 Å². The molecular formula is C18H19F2NOS. The number of benzene rings is 2. The molecule has 0 spiro atoms. The highest BCUT2D eigenvalue weighted by molar-refractivity contribution is 7.99. The van der Waals surface area contributed by atoms with Gasteiger partial charge in [-0.3, -0.25) is 4.79 Å². The minimum absolute atomic E-state index is 0.236. The number of carbonyl (C=O) groups is 1. The Kier molecular flexibility index (Phi) is 5.77. The second-order valence-corrected chi connectivity index (χ2v) is 6.99. The van der Waals surface area contributed by atoms with Gasteiger partial charge in [0.15, 0.2) is 11.6 Å². The topological polar surface area (TPSA) is 20.3 Å². The fraction of sp³-hybridized carbons (Fsp3) is 0.278. The number of halogens is 2. The van der Waals surface area contributed by atoms with Gasteiger partial charge in [-0.25, -0.2) is 8.78 Å². The molecule has 0 aliphatic heterocycles. The van der Waals surface area contributed by atoms with Crippen molar-refractivity contribution in [1.29, 1.82) is 0 Å². The Morgan fingerprint density at radius 2 is 1.74 bits per heavy atom. The summed E-state index contributed by atoms with van der Waals surface area (Å²) in [5.41, 5.74) is 0.863. The van der Waals surface area contributed by atoms with Gasteiger partial charge in [-0.1, -0.05) is 13.8 Å². The number of rotatable bonds is 5. The molecule has 122 valence electrons. The van der Waals surface area contributed by atoms with Gasteiger partial charge in [-0.15, -0.1) is 11.8 Å². The van der Waals surface area contributed by atoms with Crippen LogP contribution in [0.5, 0.6) is 0 Å². The summed E-state index contributed by atoms with van der Waals surface area (Å²) in [5.74, 6) is -2.12. The Morgan fingerprint density at radius 1 is 1.09 bits per heavy atom. The third-order valence-electron chi connectivity index (χ3n) is 3.25. The zero-order valence-electron chi connectivity index (χ0n) is 13.3. The summed E-state index contributed by atoms with van der Waals surface area (Å²) in [6.07, 6.45) is 0. The summed E-state index contributed by atoms with van der Waals surface area (Å²) in [4.78, 5) is 15.1. The minimum atomic E-state index is -0.961. The quantitative estimate of drug-likeness (QED) is 0.706. The molecule has 0 aliphatic carbocycles. The van der Waals surface area contributed by atoms with Crippen LogP contribution in [-0.4, -0.2) is 17.7 Å². The highest BCUT2D eigenvalue weighted by Crippen LogP contribution is 2.24. The van der Waals surface area contributed by atoms with E-state index < -0.39 is 11.6 Å². The Bertz CT molecular complexity index is 686. The van der Waals surface area contributed by atoms with Crippen LogP contribution in [0.4, 0.5) is 14.5 Å². The lowest BCUT2D eigenvalue weighted by atomic mass is 10.1. The smallest absolute Gasteiger partial charge is 0.258 e. The Hall–Kier alpha value is -1.88. The predicted molar refractivity (Wildman–Crippen MR) is 91.1 cm³/mol. The molecular weight excluding hydrogens is 316 g/mol. The second-order valence-electron chi connectivity index (χ2n) is 5.34.